The molecule has 5 heteroatoms. The molecule has 0 radical (unpaired) electrons. The van der Waals surface area contributed by atoms with Crippen molar-refractivity contribution in [2.75, 3.05) is 26.7 Å². The number of ether oxygens (including phenoxy) is 1. The number of nitrogens with zero attached hydrogens (tertiary/aromatic N) is 2. The molecule has 2 unspecified atom stereocenters. The van der Waals surface area contributed by atoms with Crippen LogP contribution in [0, 0.1) is 24.7 Å². The summed E-state index contributed by atoms with van der Waals surface area (Å²) in [6, 6.07) is 5.75. The van der Waals surface area contributed by atoms with Gasteiger partial charge in [0.2, 0.25) is 5.91 Å². The zero-order valence-electron chi connectivity index (χ0n) is 16.9. The number of aryl methyl sites for hydroxylation is 1. The first-order valence-corrected chi connectivity index (χ1v) is 10.8. The van der Waals surface area contributed by atoms with Gasteiger partial charge in [-0.3, -0.25) is 9.59 Å². The van der Waals surface area contributed by atoms with Gasteiger partial charge in [0.15, 0.2) is 0 Å². The molecule has 1 aromatic rings. The average Bonchev–Trinajstić information content (AvgIpc) is 3.16. The number of carbonyl (C=O) groups is 2. The van der Waals surface area contributed by atoms with Crippen molar-refractivity contribution in [3.8, 4) is 5.75 Å². The van der Waals surface area contributed by atoms with Gasteiger partial charge in [-0.2, -0.15) is 0 Å². The molecular formula is C23H30N2O3. The molecule has 0 N–H and O–H groups in total. The van der Waals surface area contributed by atoms with Crippen LogP contribution in [0.1, 0.15) is 54.4 Å². The second-order valence-electron chi connectivity index (χ2n) is 9.23. The van der Waals surface area contributed by atoms with E-state index in [1.54, 1.807) is 7.11 Å². The number of methoxy groups -OCH3 is 1. The fraction of sp³-hybridized carbons (Fsp3) is 0.652. The number of rotatable bonds is 3. The topological polar surface area (TPSA) is 49.9 Å². The summed E-state index contributed by atoms with van der Waals surface area (Å²) in [4.78, 5) is 30.8. The second-order valence-corrected chi connectivity index (χ2v) is 9.23. The van der Waals surface area contributed by atoms with Crippen LogP contribution in [0.25, 0.3) is 0 Å². The van der Waals surface area contributed by atoms with Crippen LogP contribution in [-0.2, 0) is 4.79 Å². The minimum atomic E-state index is -0.178. The first kappa shape index (κ1) is 18.0. The normalized spacial score (nSPS) is 30.0. The Morgan fingerprint density at radius 2 is 1.86 bits per heavy atom. The zero-order valence-corrected chi connectivity index (χ0v) is 16.9. The van der Waals surface area contributed by atoms with Crippen LogP contribution in [0.5, 0.6) is 5.75 Å². The molecule has 3 aliphatic carbocycles. The summed E-state index contributed by atoms with van der Waals surface area (Å²) in [6.45, 7) is 3.97. The molecule has 4 aliphatic rings. The maximum absolute atomic E-state index is 13.5. The number of piperazine rings is 1. The highest BCUT2D eigenvalue weighted by Gasteiger charge is 2.59. The summed E-state index contributed by atoms with van der Waals surface area (Å²) in [5, 5.41) is 0. The average molecular weight is 383 g/mol. The van der Waals surface area contributed by atoms with E-state index in [1.165, 1.54) is 19.3 Å². The third kappa shape index (κ3) is 2.58. The molecule has 2 atom stereocenters. The molecule has 1 aliphatic heterocycles. The van der Waals surface area contributed by atoms with Crippen LogP contribution in [0.2, 0.25) is 0 Å². The molecule has 1 saturated heterocycles. The van der Waals surface area contributed by atoms with Gasteiger partial charge in [-0.1, -0.05) is 18.6 Å². The third-order valence-corrected chi connectivity index (χ3v) is 7.85. The maximum Gasteiger partial charge on any atom is 0.258 e. The lowest BCUT2D eigenvalue weighted by molar-refractivity contribution is -0.140. The van der Waals surface area contributed by atoms with E-state index in [1.807, 2.05) is 25.1 Å². The zero-order chi connectivity index (χ0) is 19.5. The van der Waals surface area contributed by atoms with E-state index in [0.717, 1.165) is 24.8 Å². The molecule has 2 amide bonds. The number of benzene rings is 1. The van der Waals surface area contributed by atoms with Gasteiger partial charge in [0.1, 0.15) is 5.75 Å². The predicted molar refractivity (Wildman–Crippen MR) is 106 cm³/mol. The van der Waals surface area contributed by atoms with Crippen molar-refractivity contribution in [2.45, 2.75) is 51.0 Å². The van der Waals surface area contributed by atoms with Crippen LogP contribution in [-0.4, -0.2) is 53.9 Å². The van der Waals surface area contributed by atoms with E-state index >= 15 is 0 Å². The molecule has 4 fully saturated rings. The molecule has 5 rings (SSSR count). The van der Waals surface area contributed by atoms with Gasteiger partial charge in [0.25, 0.3) is 5.91 Å². The summed E-state index contributed by atoms with van der Waals surface area (Å²) in [5.41, 5.74) is 1.44. The predicted octanol–water partition coefficient (Wildman–Crippen LogP) is 3.26. The summed E-state index contributed by atoms with van der Waals surface area (Å²) >= 11 is 0. The fourth-order valence-electron chi connectivity index (χ4n) is 6.11. The molecule has 1 spiro atoms. The summed E-state index contributed by atoms with van der Waals surface area (Å²) in [7, 11) is 1.62. The Morgan fingerprint density at radius 1 is 1.11 bits per heavy atom. The Hall–Kier alpha value is -2.04. The Labute approximate surface area is 167 Å². The summed E-state index contributed by atoms with van der Waals surface area (Å²) in [5.74, 6) is 2.65. The minimum Gasteiger partial charge on any atom is -0.496 e. The standard InChI is InChI=1S/C23H30N2O3/c1-15-6-3-9-18(28-2)19(15)22(27)25-13-12-24(14-23(25)10-5-11-23)21(26)20-16-7-4-8-17(16)20/h3,6,9,16-17,20H,4-5,7-8,10-14H2,1-2H3. The maximum atomic E-state index is 13.5. The van der Waals surface area contributed by atoms with Gasteiger partial charge in [-0.15, -0.1) is 0 Å². The number of hydrogen-bond acceptors (Lipinski definition) is 3. The van der Waals surface area contributed by atoms with Crippen LogP contribution >= 0.6 is 0 Å². The molecule has 150 valence electrons. The van der Waals surface area contributed by atoms with Crippen molar-refractivity contribution in [3.63, 3.8) is 0 Å². The molecule has 3 saturated carbocycles. The van der Waals surface area contributed by atoms with E-state index in [9.17, 15) is 9.59 Å². The molecule has 28 heavy (non-hydrogen) atoms. The lowest BCUT2D eigenvalue weighted by Crippen LogP contribution is -2.68. The lowest BCUT2D eigenvalue weighted by Gasteiger charge is -2.56. The van der Waals surface area contributed by atoms with E-state index in [0.29, 0.717) is 48.7 Å². The number of amides is 2. The van der Waals surface area contributed by atoms with Crippen molar-refractivity contribution in [3.05, 3.63) is 29.3 Å². The Bertz CT molecular complexity index is 806. The lowest BCUT2D eigenvalue weighted by atomic mass is 9.73. The van der Waals surface area contributed by atoms with Crippen molar-refractivity contribution in [2.24, 2.45) is 17.8 Å². The van der Waals surface area contributed by atoms with Crippen LogP contribution in [0.3, 0.4) is 0 Å². The van der Waals surface area contributed by atoms with Gasteiger partial charge in [-0.25, -0.2) is 0 Å². The van der Waals surface area contributed by atoms with Crippen molar-refractivity contribution >= 4 is 11.8 Å². The molecule has 1 aromatic carbocycles. The van der Waals surface area contributed by atoms with Crippen LogP contribution in [0.4, 0.5) is 0 Å². The van der Waals surface area contributed by atoms with E-state index in [4.69, 9.17) is 4.74 Å². The first-order chi connectivity index (χ1) is 13.6. The number of carbonyl (C=O) groups excluding carboxylic acids is 2. The SMILES string of the molecule is COc1cccc(C)c1C(=O)N1CCN(C(=O)C2C3CCCC32)CC12CCC2. The van der Waals surface area contributed by atoms with Crippen molar-refractivity contribution < 1.29 is 14.3 Å². The van der Waals surface area contributed by atoms with E-state index in [2.05, 4.69) is 9.80 Å². The van der Waals surface area contributed by atoms with Crippen LogP contribution in [0.15, 0.2) is 18.2 Å². The van der Waals surface area contributed by atoms with Gasteiger partial charge >= 0.3 is 0 Å². The van der Waals surface area contributed by atoms with Crippen LogP contribution < -0.4 is 4.74 Å². The van der Waals surface area contributed by atoms with Gasteiger partial charge < -0.3 is 14.5 Å². The van der Waals surface area contributed by atoms with E-state index in [-0.39, 0.29) is 17.4 Å². The first-order valence-electron chi connectivity index (χ1n) is 10.8. The van der Waals surface area contributed by atoms with Crippen molar-refractivity contribution in [1.82, 2.24) is 9.80 Å². The van der Waals surface area contributed by atoms with Crippen molar-refractivity contribution in [1.29, 1.82) is 0 Å². The highest BCUT2D eigenvalue weighted by atomic mass is 16.5. The summed E-state index contributed by atoms with van der Waals surface area (Å²) < 4.78 is 5.49. The number of fused-ring (bicyclic) bond motifs is 1. The quantitative estimate of drug-likeness (QED) is 0.806. The Kier molecular flexibility index (Phi) is 4.18. The summed E-state index contributed by atoms with van der Waals surface area (Å²) in [6.07, 6.45) is 6.88. The molecule has 1 heterocycles. The molecule has 0 aromatic heterocycles. The molecular weight excluding hydrogens is 352 g/mol. The largest absolute Gasteiger partial charge is 0.496 e. The highest BCUT2D eigenvalue weighted by molar-refractivity contribution is 5.99. The van der Waals surface area contributed by atoms with Gasteiger partial charge in [-0.05, 0) is 62.5 Å². The Morgan fingerprint density at radius 3 is 2.50 bits per heavy atom. The highest BCUT2D eigenvalue weighted by Crippen LogP contribution is 2.58. The fourth-order valence-corrected chi connectivity index (χ4v) is 6.11. The monoisotopic (exact) mass is 382 g/mol. The number of hydrogen-bond donors (Lipinski definition) is 0. The second kappa shape index (κ2) is 6.50. The minimum absolute atomic E-state index is 0.0602. The van der Waals surface area contributed by atoms with Gasteiger partial charge in [0, 0.05) is 25.6 Å². The molecule has 5 nitrogen and oxygen atoms in total. The smallest absolute Gasteiger partial charge is 0.258 e. The molecule has 0 bridgehead atoms. The van der Waals surface area contributed by atoms with E-state index < -0.39 is 0 Å². The Balaban J connectivity index is 1.36. The third-order valence-electron chi connectivity index (χ3n) is 7.85. The van der Waals surface area contributed by atoms with Gasteiger partial charge in [0.05, 0.1) is 18.2 Å².